The van der Waals surface area contributed by atoms with Crippen LogP contribution in [-0.4, -0.2) is 24.5 Å². The highest BCUT2D eigenvalue weighted by Crippen LogP contribution is 2.34. The summed E-state index contributed by atoms with van der Waals surface area (Å²) in [6.45, 7) is 3.89. The molecule has 2 aliphatic rings. The second-order valence-corrected chi connectivity index (χ2v) is 7.24. The Bertz CT molecular complexity index is 238. The highest BCUT2D eigenvalue weighted by molar-refractivity contribution is 4.83. The van der Waals surface area contributed by atoms with E-state index < -0.39 is 0 Å². The van der Waals surface area contributed by atoms with E-state index in [4.69, 9.17) is 0 Å². The fourth-order valence-electron chi connectivity index (χ4n) is 4.44. The van der Waals surface area contributed by atoms with Crippen molar-refractivity contribution in [1.29, 1.82) is 0 Å². The molecule has 0 bridgehead atoms. The van der Waals surface area contributed by atoms with Gasteiger partial charge in [-0.2, -0.15) is 0 Å². The van der Waals surface area contributed by atoms with Gasteiger partial charge in [-0.05, 0) is 44.7 Å². The van der Waals surface area contributed by atoms with Crippen LogP contribution < -0.4 is 0 Å². The van der Waals surface area contributed by atoms with Crippen LogP contribution in [0.25, 0.3) is 0 Å². The number of hydrogen-bond donors (Lipinski definition) is 0. The fourth-order valence-corrected chi connectivity index (χ4v) is 4.44. The highest BCUT2D eigenvalue weighted by Gasteiger charge is 2.29. The van der Waals surface area contributed by atoms with E-state index in [9.17, 15) is 0 Å². The predicted octanol–water partition coefficient (Wildman–Crippen LogP) is 5.25. The predicted molar refractivity (Wildman–Crippen MR) is 84.5 cm³/mol. The van der Waals surface area contributed by atoms with Gasteiger partial charge in [-0.3, -0.25) is 0 Å². The maximum absolute atomic E-state index is 2.72. The first-order chi connectivity index (χ1) is 9.29. The lowest BCUT2D eigenvalue weighted by Gasteiger charge is -2.39. The molecular weight excluding hydrogens is 230 g/mol. The molecule has 112 valence electrons. The van der Waals surface area contributed by atoms with Gasteiger partial charge in [0, 0.05) is 6.04 Å². The Labute approximate surface area is 121 Å². The van der Waals surface area contributed by atoms with Crippen LogP contribution in [0.15, 0.2) is 0 Å². The lowest BCUT2D eigenvalue weighted by Crippen LogP contribution is -2.41. The topological polar surface area (TPSA) is 3.24 Å². The molecule has 1 nitrogen and oxygen atoms in total. The van der Waals surface area contributed by atoms with Gasteiger partial charge in [-0.15, -0.1) is 0 Å². The summed E-state index contributed by atoms with van der Waals surface area (Å²) in [6, 6.07) is 0.883. The van der Waals surface area contributed by atoms with Gasteiger partial charge >= 0.3 is 0 Å². The maximum atomic E-state index is 2.72. The average molecular weight is 265 g/mol. The molecule has 0 spiro atoms. The standard InChI is InChI=1S/C18H35N/c1-16-12-8-4-3-5-9-13-17(16)18-14-10-6-7-11-15-19(18)2/h16-18H,3-15H2,1-2H3. The molecule has 0 radical (unpaired) electrons. The first-order valence-electron chi connectivity index (χ1n) is 8.99. The van der Waals surface area contributed by atoms with E-state index in [1.165, 1.54) is 83.6 Å². The second kappa shape index (κ2) is 8.29. The summed E-state index contributed by atoms with van der Waals surface area (Å²) in [7, 11) is 2.40. The fraction of sp³-hybridized carbons (Fsp3) is 1.00. The molecule has 1 heterocycles. The van der Waals surface area contributed by atoms with Crippen LogP contribution >= 0.6 is 0 Å². The normalized spacial score (nSPS) is 36.6. The summed E-state index contributed by atoms with van der Waals surface area (Å²) in [6.07, 6.45) is 17.7. The van der Waals surface area contributed by atoms with E-state index in [0.717, 1.165) is 17.9 Å². The molecule has 0 amide bonds. The van der Waals surface area contributed by atoms with Crippen LogP contribution in [0.4, 0.5) is 0 Å². The van der Waals surface area contributed by atoms with Gasteiger partial charge in [0.15, 0.2) is 0 Å². The third kappa shape index (κ3) is 4.77. The van der Waals surface area contributed by atoms with Crippen LogP contribution in [-0.2, 0) is 0 Å². The number of rotatable bonds is 1. The molecule has 0 aromatic heterocycles. The average Bonchev–Trinajstić information content (AvgIpc) is 2.48. The van der Waals surface area contributed by atoms with E-state index in [0.29, 0.717) is 0 Å². The molecule has 0 aromatic carbocycles. The summed E-state index contributed by atoms with van der Waals surface area (Å²) in [5, 5.41) is 0. The van der Waals surface area contributed by atoms with E-state index in [2.05, 4.69) is 18.9 Å². The largest absolute Gasteiger partial charge is 0.303 e. The Morgan fingerprint density at radius 2 is 1.26 bits per heavy atom. The van der Waals surface area contributed by atoms with Crippen LogP contribution in [0, 0.1) is 11.8 Å². The summed E-state index contributed by atoms with van der Waals surface area (Å²) in [5.74, 6) is 1.92. The van der Waals surface area contributed by atoms with Crippen molar-refractivity contribution in [2.24, 2.45) is 11.8 Å². The van der Waals surface area contributed by atoms with Gasteiger partial charge in [0.25, 0.3) is 0 Å². The molecule has 2 fully saturated rings. The number of nitrogens with zero attached hydrogens (tertiary/aromatic N) is 1. The molecule has 3 atom stereocenters. The van der Waals surface area contributed by atoms with Crippen LogP contribution in [0.2, 0.25) is 0 Å². The van der Waals surface area contributed by atoms with Crippen LogP contribution in [0.3, 0.4) is 0 Å². The zero-order chi connectivity index (χ0) is 13.5. The van der Waals surface area contributed by atoms with Crippen molar-refractivity contribution < 1.29 is 0 Å². The monoisotopic (exact) mass is 265 g/mol. The third-order valence-corrected chi connectivity index (χ3v) is 5.75. The zero-order valence-electron chi connectivity index (χ0n) is 13.4. The molecular formula is C18H35N. The Balaban J connectivity index is 2.00. The summed E-state index contributed by atoms with van der Waals surface area (Å²) in [4.78, 5) is 2.72. The van der Waals surface area contributed by atoms with E-state index in [1.807, 2.05) is 0 Å². The van der Waals surface area contributed by atoms with Crippen molar-refractivity contribution in [2.45, 2.75) is 90.0 Å². The molecule has 1 saturated heterocycles. The van der Waals surface area contributed by atoms with Gasteiger partial charge in [-0.25, -0.2) is 0 Å². The van der Waals surface area contributed by atoms with Crippen molar-refractivity contribution >= 4 is 0 Å². The van der Waals surface area contributed by atoms with Crippen molar-refractivity contribution in [3.8, 4) is 0 Å². The van der Waals surface area contributed by atoms with Crippen molar-refractivity contribution in [1.82, 2.24) is 4.90 Å². The number of likely N-dealkylation sites (tertiary alicyclic amines) is 1. The molecule has 1 saturated carbocycles. The van der Waals surface area contributed by atoms with Crippen LogP contribution in [0.5, 0.6) is 0 Å². The minimum absolute atomic E-state index is 0.883. The third-order valence-electron chi connectivity index (χ3n) is 5.75. The Kier molecular flexibility index (Phi) is 6.70. The number of hydrogen-bond acceptors (Lipinski definition) is 1. The summed E-state index contributed by atoms with van der Waals surface area (Å²) >= 11 is 0. The van der Waals surface area contributed by atoms with Gasteiger partial charge in [0.1, 0.15) is 0 Å². The minimum atomic E-state index is 0.883. The first kappa shape index (κ1) is 15.4. The minimum Gasteiger partial charge on any atom is -0.303 e. The van der Waals surface area contributed by atoms with Crippen molar-refractivity contribution in [3.05, 3.63) is 0 Å². The lowest BCUT2D eigenvalue weighted by molar-refractivity contribution is 0.105. The lowest BCUT2D eigenvalue weighted by atomic mass is 9.78. The smallest absolute Gasteiger partial charge is 0.0123 e. The Hall–Kier alpha value is -0.0400. The van der Waals surface area contributed by atoms with Gasteiger partial charge < -0.3 is 4.90 Å². The summed E-state index contributed by atoms with van der Waals surface area (Å²) in [5.41, 5.74) is 0. The van der Waals surface area contributed by atoms with Gasteiger partial charge in [-0.1, -0.05) is 64.7 Å². The summed E-state index contributed by atoms with van der Waals surface area (Å²) < 4.78 is 0. The van der Waals surface area contributed by atoms with Gasteiger partial charge in [0.05, 0.1) is 0 Å². The van der Waals surface area contributed by atoms with E-state index in [1.54, 1.807) is 0 Å². The first-order valence-corrected chi connectivity index (χ1v) is 8.99. The second-order valence-electron chi connectivity index (χ2n) is 7.24. The quantitative estimate of drug-likeness (QED) is 0.626. The molecule has 3 unspecified atom stereocenters. The molecule has 19 heavy (non-hydrogen) atoms. The van der Waals surface area contributed by atoms with E-state index in [-0.39, 0.29) is 0 Å². The molecule has 2 rings (SSSR count). The molecule has 1 heteroatoms. The molecule has 1 aliphatic heterocycles. The van der Waals surface area contributed by atoms with Crippen LogP contribution in [0.1, 0.15) is 84.0 Å². The molecule has 0 N–H and O–H groups in total. The molecule has 1 aliphatic carbocycles. The molecule has 0 aromatic rings. The SMILES string of the molecule is CC1CCCCCCCC1C1CCCCCCN1C. The Morgan fingerprint density at radius 1 is 0.684 bits per heavy atom. The zero-order valence-corrected chi connectivity index (χ0v) is 13.4. The Morgan fingerprint density at radius 3 is 2.05 bits per heavy atom. The van der Waals surface area contributed by atoms with E-state index >= 15 is 0 Å². The highest BCUT2D eigenvalue weighted by atomic mass is 15.1. The van der Waals surface area contributed by atoms with Gasteiger partial charge in [0.2, 0.25) is 0 Å². The van der Waals surface area contributed by atoms with Crippen molar-refractivity contribution in [2.75, 3.05) is 13.6 Å². The maximum Gasteiger partial charge on any atom is 0.0123 e. The van der Waals surface area contributed by atoms with Crippen molar-refractivity contribution in [3.63, 3.8) is 0 Å².